The first kappa shape index (κ1) is 15.2. The van der Waals surface area contributed by atoms with Gasteiger partial charge in [0, 0.05) is 23.8 Å². The van der Waals surface area contributed by atoms with Crippen molar-refractivity contribution in [3.63, 3.8) is 0 Å². The summed E-state index contributed by atoms with van der Waals surface area (Å²) in [6, 6.07) is 10.3. The fourth-order valence-electron chi connectivity index (χ4n) is 2.41. The average Bonchev–Trinajstić information content (AvgIpc) is 3.00. The zero-order valence-electron chi connectivity index (χ0n) is 12.0. The molecule has 0 aliphatic rings. The lowest BCUT2D eigenvalue weighted by atomic mass is 10.1. The lowest BCUT2D eigenvalue weighted by Crippen LogP contribution is -2.29. The molecule has 3 N–H and O–H groups in total. The van der Waals surface area contributed by atoms with Crippen molar-refractivity contribution in [3.05, 3.63) is 71.4 Å². The third-order valence-corrected chi connectivity index (χ3v) is 3.61. The number of aliphatic hydroxyl groups is 1. The normalized spacial score (nSPS) is 12.3. The number of benzene rings is 2. The van der Waals surface area contributed by atoms with E-state index >= 15 is 0 Å². The van der Waals surface area contributed by atoms with E-state index in [-0.39, 0.29) is 6.54 Å². The van der Waals surface area contributed by atoms with Crippen molar-refractivity contribution in [1.82, 2.24) is 10.3 Å². The van der Waals surface area contributed by atoms with E-state index in [0.717, 1.165) is 23.0 Å². The number of rotatable bonds is 4. The summed E-state index contributed by atoms with van der Waals surface area (Å²) in [5.41, 5.74) is 0.743. The lowest BCUT2D eigenvalue weighted by Gasteiger charge is -2.14. The molecule has 1 unspecified atom stereocenters. The Bertz CT molecular complexity index is 840. The van der Waals surface area contributed by atoms with Gasteiger partial charge in [-0.05, 0) is 35.7 Å². The minimum atomic E-state index is -1.46. The van der Waals surface area contributed by atoms with Crippen molar-refractivity contribution in [2.45, 2.75) is 6.10 Å². The average molecular weight is 316 g/mol. The number of hydrogen-bond acceptors (Lipinski definition) is 2. The molecule has 0 spiro atoms. The Morgan fingerprint density at radius 2 is 1.91 bits per heavy atom. The predicted molar refractivity (Wildman–Crippen MR) is 81.9 cm³/mol. The second-order valence-corrected chi connectivity index (χ2v) is 5.14. The van der Waals surface area contributed by atoms with Crippen LogP contribution in [0.2, 0.25) is 0 Å². The van der Waals surface area contributed by atoms with Crippen LogP contribution in [0.1, 0.15) is 22.0 Å². The number of amides is 1. The van der Waals surface area contributed by atoms with Crippen LogP contribution in [0, 0.1) is 11.6 Å². The van der Waals surface area contributed by atoms with Crippen molar-refractivity contribution < 1.29 is 18.7 Å². The fraction of sp³-hybridized carbons (Fsp3) is 0.118. The van der Waals surface area contributed by atoms with E-state index in [9.17, 15) is 18.7 Å². The molecule has 1 heterocycles. The Labute approximate surface area is 130 Å². The van der Waals surface area contributed by atoms with Crippen molar-refractivity contribution in [2.75, 3.05) is 6.54 Å². The zero-order chi connectivity index (χ0) is 16.4. The molecule has 2 aromatic carbocycles. The first-order chi connectivity index (χ1) is 11.1. The minimum Gasteiger partial charge on any atom is -0.386 e. The van der Waals surface area contributed by atoms with Crippen LogP contribution in [0.4, 0.5) is 8.78 Å². The van der Waals surface area contributed by atoms with Crippen LogP contribution in [0.5, 0.6) is 0 Å². The molecule has 0 radical (unpaired) electrons. The van der Waals surface area contributed by atoms with E-state index in [2.05, 4.69) is 10.3 Å². The smallest absolute Gasteiger partial charge is 0.251 e. The number of hydrogen-bond donors (Lipinski definition) is 3. The van der Waals surface area contributed by atoms with E-state index in [1.807, 2.05) is 6.07 Å². The Morgan fingerprint density at radius 1 is 1.17 bits per heavy atom. The summed E-state index contributed by atoms with van der Waals surface area (Å²) in [6.45, 7) is -0.292. The highest BCUT2D eigenvalue weighted by atomic mass is 19.1. The summed E-state index contributed by atoms with van der Waals surface area (Å²) in [7, 11) is 0. The van der Waals surface area contributed by atoms with E-state index < -0.39 is 29.2 Å². The maximum Gasteiger partial charge on any atom is 0.251 e. The molecule has 1 amide bonds. The minimum absolute atomic E-state index is 0.292. The molecular weight excluding hydrogens is 302 g/mol. The number of H-pyrrole nitrogens is 1. The lowest BCUT2D eigenvalue weighted by molar-refractivity contribution is 0.0911. The maximum absolute atomic E-state index is 13.6. The van der Waals surface area contributed by atoms with Gasteiger partial charge < -0.3 is 15.4 Å². The molecule has 1 aromatic heterocycles. The van der Waals surface area contributed by atoms with Gasteiger partial charge in [0.05, 0.1) is 5.56 Å². The Kier molecular flexibility index (Phi) is 4.08. The van der Waals surface area contributed by atoms with E-state index in [1.54, 1.807) is 24.4 Å². The first-order valence-corrected chi connectivity index (χ1v) is 7.03. The molecule has 6 heteroatoms. The Morgan fingerprint density at radius 3 is 2.65 bits per heavy atom. The van der Waals surface area contributed by atoms with Gasteiger partial charge in [0.15, 0.2) is 0 Å². The highest BCUT2D eigenvalue weighted by Gasteiger charge is 2.18. The van der Waals surface area contributed by atoms with Crippen LogP contribution in [-0.4, -0.2) is 22.5 Å². The van der Waals surface area contributed by atoms with Gasteiger partial charge in [0.25, 0.3) is 5.91 Å². The standard InChI is InChI=1S/C17H14F2N2O2/c18-12-2-1-3-13(19)16(12)15(22)9-21-17(23)11-5-4-10-6-7-20-14(10)8-11/h1-8,15,20,22H,9H2,(H,21,23). The molecule has 0 aliphatic heterocycles. The van der Waals surface area contributed by atoms with Gasteiger partial charge in [-0.2, -0.15) is 0 Å². The van der Waals surface area contributed by atoms with Gasteiger partial charge in [-0.25, -0.2) is 8.78 Å². The van der Waals surface area contributed by atoms with Gasteiger partial charge >= 0.3 is 0 Å². The summed E-state index contributed by atoms with van der Waals surface area (Å²) in [5.74, 6) is -2.13. The predicted octanol–water partition coefficient (Wildman–Crippen LogP) is 2.91. The fourth-order valence-corrected chi connectivity index (χ4v) is 2.41. The molecule has 4 nitrogen and oxygen atoms in total. The van der Waals surface area contributed by atoms with Crippen LogP contribution < -0.4 is 5.32 Å². The number of carbonyl (C=O) groups excluding carboxylic acids is 1. The monoisotopic (exact) mass is 316 g/mol. The number of carbonyl (C=O) groups is 1. The number of aliphatic hydroxyl groups excluding tert-OH is 1. The number of fused-ring (bicyclic) bond motifs is 1. The van der Waals surface area contributed by atoms with Crippen LogP contribution in [0.15, 0.2) is 48.7 Å². The molecule has 23 heavy (non-hydrogen) atoms. The Hall–Kier alpha value is -2.73. The number of aromatic nitrogens is 1. The van der Waals surface area contributed by atoms with Gasteiger partial charge in [-0.1, -0.05) is 12.1 Å². The van der Waals surface area contributed by atoms with Crippen molar-refractivity contribution in [2.24, 2.45) is 0 Å². The molecule has 0 saturated carbocycles. The van der Waals surface area contributed by atoms with Crippen molar-refractivity contribution in [1.29, 1.82) is 0 Å². The number of halogens is 2. The van der Waals surface area contributed by atoms with Gasteiger partial charge in [-0.15, -0.1) is 0 Å². The molecule has 0 bridgehead atoms. The van der Waals surface area contributed by atoms with Crippen molar-refractivity contribution in [3.8, 4) is 0 Å². The van der Waals surface area contributed by atoms with Crippen LogP contribution in [0.25, 0.3) is 10.9 Å². The molecule has 3 rings (SSSR count). The molecule has 0 fully saturated rings. The molecule has 0 aliphatic carbocycles. The van der Waals surface area contributed by atoms with E-state index in [1.165, 1.54) is 6.07 Å². The summed E-state index contributed by atoms with van der Waals surface area (Å²) in [6.07, 6.45) is 0.297. The summed E-state index contributed by atoms with van der Waals surface area (Å²) in [5, 5.41) is 13.4. The van der Waals surface area contributed by atoms with Gasteiger partial charge in [0.1, 0.15) is 17.7 Å². The molecule has 0 saturated heterocycles. The summed E-state index contributed by atoms with van der Waals surface area (Å²) < 4.78 is 27.1. The third kappa shape index (κ3) is 3.07. The number of aromatic amines is 1. The van der Waals surface area contributed by atoms with Crippen LogP contribution in [-0.2, 0) is 0 Å². The zero-order valence-corrected chi connectivity index (χ0v) is 12.0. The summed E-state index contributed by atoms with van der Waals surface area (Å²) in [4.78, 5) is 15.1. The summed E-state index contributed by atoms with van der Waals surface area (Å²) >= 11 is 0. The molecule has 3 aromatic rings. The van der Waals surface area contributed by atoms with E-state index in [4.69, 9.17) is 0 Å². The highest BCUT2D eigenvalue weighted by Crippen LogP contribution is 2.20. The topological polar surface area (TPSA) is 65.1 Å². The SMILES string of the molecule is O=C(NCC(O)c1c(F)cccc1F)c1ccc2cc[nH]c2c1. The molecule has 118 valence electrons. The van der Waals surface area contributed by atoms with Crippen molar-refractivity contribution >= 4 is 16.8 Å². The highest BCUT2D eigenvalue weighted by molar-refractivity contribution is 5.97. The van der Waals surface area contributed by atoms with Crippen LogP contribution >= 0.6 is 0 Å². The van der Waals surface area contributed by atoms with Gasteiger partial charge in [0.2, 0.25) is 0 Å². The maximum atomic E-state index is 13.6. The van der Waals surface area contributed by atoms with Crippen LogP contribution in [0.3, 0.4) is 0 Å². The largest absolute Gasteiger partial charge is 0.386 e. The van der Waals surface area contributed by atoms with E-state index in [0.29, 0.717) is 5.56 Å². The van der Waals surface area contributed by atoms with Gasteiger partial charge in [-0.3, -0.25) is 4.79 Å². The second kappa shape index (κ2) is 6.18. The third-order valence-electron chi connectivity index (χ3n) is 3.61. The second-order valence-electron chi connectivity index (χ2n) is 5.14. The Balaban J connectivity index is 1.71. The molecule has 1 atom stereocenters. The first-order valence-electron chi connectivity index (χ1n) is 7.03. The number of nitrogens with one attached hydrogen (secondary N) is 2. The molecular formula is C17H14F2N2O2. The quantitative estimate of drug-likeness (QED) is 0.693.